The number of hydrogen-bond donors (Lipinski definition) is 1. The highest BCUT2D eigenvalue weighted by atomic mass is 32.2. The van der Waals surface area contributed by atoms with E-state index in [4.69, 9.17) is 9.15 Å². The van der Waals surface area contributed by atoms with E-state index in [1.54, 1.807) is 6.07 Å². The number of nitrogens with zero attached hydrogens (tertiary/aromatic N) is 1. The number of carbonyl (C=O) groups is 2. The van der Waals surface area contributed by atoms with Gasteiger partial charge in [0.25, 0.3) is 11.8 Å². The molecule has 2 saturated heterocycles. The van der Waals surface area contributed by atoms with Crippen molar-refractivity contribution in [2.45, 2.75) is 36.8 Å². The van der Waals surface area contributed by atoms with Gasteiger partial charge in [0.2, 0.25) is 0 Å². The summed E-state index contributed by atoms with van der Waals surface area (Å²) in [5.74, 6) is 3.30. The standard InChI is InChI=1S/C23H28N2O4S2/c1-16-9-12-28-21(16)22(27)24-18-7-10-25(11-8-18)20(26)15-29-19-5-3-17(4-6-19)23-30-13-2-14-31-23/h3-6,9,12,18,23H,2,7-8,10-11,13-15H2,1H3,(H,24,27). The van der Waals surface area contributed by atoms with Crippen molar-refractivity contribution in [3.8, 4) is 5.75 Å². The molecule has 2 amide bonds. The smallest absolute Gasteiger partial charge is 0.287 e. The molecule has 31 heavy (non-hydrogen) atoms. The summed E-state index contributed by atoms with van der Waals surface area (Å²) in [7, 11) is 0. The van der Waals surface area contributed by atoms with Gasteiger partial charge in [-0.05, 0) is 61.5 Å². The van der Waals surface area contributed by atoms with Crippen LogP contribution in [-0.2, 0) is 4.79 Å². The van der Waals surface area contributed by atoms with Crippen LogP contribution in [0.15, 0.2) is 41.0 Å². The molecular weight excluding hydrogens is 432 g/mol. The van der Waals surface area contributed by atoms with E-state index in [-0.39, 0.29) is 24.5 Å². The molecule has 0 atom stereocenters. The lowest BCUT2D eigenvalue weighted by atomic mass is 10.0. The Bertz CT molecular complexity index is 885. The highest BCUT2D eigenvalue weighted by Gasteiger charge is 2.25. The normalized spacial score (nSPS) is 18.0. The first kappa shape index (κ1) is 22.1. The predicted octanol–water partition coefficient (Wildman–Crippen LogP) is 4.26. The average Bonchev–Trinajstić information content (AvgIpc) is 3.25. The first-order valence-electron chi connectivity index (χ1n) is 10.7. The molecule has 0 saturated carbocycles. The zero-order chi connectivity index (χ0) is 21.6. The quantitative estimate of drug-likeness (QED) is 0.695. The minimum absolute atomic E-state index is 0.0193. The topological polar surface area (TPSA) is 71.8 Å². The number of rotatable bonds is 6. The van der Waals surface area contributed by atoms with Crippen LogP contribution in [0, 0.1) is 6.92 Å². The molecule has 4 rings (SSSR count). The van der Waals surface area contributed by atoms with Crippen LogP contribution < -0.4 is 10.1 Å². The van der Waals surface area contributed by atoms with Crippen molar-refractivity contribution < 1.29 is 18.7 Å². The van der Waals surface area contributed by atoms with Gasteiger partial charge in [0, 0.05) is 24.7 Å². The number of aryl methyl sites for hydroxylation is 1. The number of thioether (sulfide) groups is 2. The number of piperidine rings is 1. The van der Waals surface area contributed by atoms with Crippen molar-refractivity contribution in [2.24, 2.45) is 0 Å². The SMILES string of the molecule is Cc1ccoc1C(=O)NC1CCN(C(=O)COc2ccc(C3SCCCS3)cc2)CC1. The first-order chi connectivity index (χ1) is 15.1. The van der Waals surface area contributed by atoms with Crippen molar-refractivity contribution in [3.63, 3.8) is 0 Å². The Morgan fingerprint density at radius 3 is 2.48 bits per heavy atom. The van der Waals surface area contributed by atoms with Crippen molar-refractivity contribution >= 4 is 35.3 Å². The van der Waals surface area contributed by atoms with Gasteiger partial charge in [-0.1, -0.05) is 12.1 Å². The van der Waals surface area contributed by atoms with Crippen molar-refractivity contribution in [1.82, 2.24) is 10.2 Å². The van der Waals surface area contributed by atoms with Gasteiger partial charge in [0.15, 0.2) is 12.4 Å². The van der Waals surface area contributed by atoms with Crippen LogP contribution in [0.25, 0.3) is 0 Å². The van der Waals surface area contributed by atoms with Gasteiger partial charge < -0.3 is 19.4 Å². The van der Waals surface area contributed by atoms with E-state index in [0.717, 1.165) is 24.2 Å². The number of hydrogen-bond acceptors (Lipinski definition) is 6. The molecule has 6 nitrogen and oxygen atoms in total. The summed E-state index contributed by atoms with van der Waals surface area (Å²) in [5, 5.41) is 3.01. The number of ether oxygens (including phenoxy) is 1. The molecule has 8 heteroatoms. The second-order valence-electron chi connectivity index (χ2n) is 7.85. The molecule has 0 spiro atoms. The Balaban J connectivity index is 1.19. The maximum Gasteiger partial charge on any atom is 0.287 e. The van der Waals surface area contributed by atoms with Gasteiger partial charge in [-0.25, -0.2) is 0 Å². The third-order valence-corrected chi connectivity index (χ3v) is 8.61. The summed E-state index contributed by atoms with van der Waals surface area (Å²) < 4.78 is 11.5. The van der Waals surface area contributed by atoms with Crippen LogP contribution in [0.3, 0.4) is 0 Å². The Morgan fingerprint density at radius 1 is 1.13 bits per heavy atom. The van der Waals surface area contributed by atoms with E-state index < -0.39 is 0 Å². The number of likely N-dealkylation sites (tertiary alicyclic amines) is 1. The summed E-state index contributed by atoms with van der Waals surface area (Å²) in [4.78, 5) is 26.6. The van der Waals surface area contributed by atoms with Gasteiger partial charge in [-0.2, -0.15) is 0 Å². The second kappa shape index (κ2) is 10.5. The zero-order valence-corrected chi connectivity index (χ0v) is 19.3. The molecule has 0 aliphatic carbocycles. The number of nitrogens with one attached hydrogen (secondary N) is 1. The molecule has 2 aliphatic rings. The van der Waals surface area contributed by atoms with Crippen LogP contribution in [0.2, 0.25) is 0 Å². The molecule has 0 radical (unpaired) electrons. The van der Waals surface area contributed by atoms with E-state index in [1.165, 1.54) is 29.8 Å². The first-order valence-corrected chi connectivity index (χ1v) is 12.8. The number of benzene rings is 1. The zero-order valence-electron chi connectivity index (χ0n) is 17.7. The maximum absolute atomic E-state index is 12.5. The minimum Gasteiger partial charge on any atom is -0.484 e. The van der Waals surface area contributed by atoms with E-state index in [0.29, 0.717) is 23.4 Å². The van der Waals surface area contributed by atoms with Crippen LogP contribution in [0.5, 0.6) is 5.75 Å². The minimum atomic E-state index is -0.191. The van der Waals surface area contributed by atoms with Gasteiger partial charge >= 0.3 is 0 Å². The van der Waals surface area contributed by atoms with Crippen LogP contribution >= 0.6 is 23.5 Å². The molecule has 1 aromatic heterocycles. The monoisotopic (exact) mass is 460 g/mol. The fourth-order valence-corrected chi connectivity index (χ4v) is 6.66. The van der Waals surface area contributed by atoms with Crippen LogP contribution in [-0.4, -0.2) is 54.0 Å². The summed E-state index contributed by atoms with van der Waals surface area (Å²) >= 11 is 3.99. The number of furan rings is 1. The van der Waals surface area contributed by atoms with Crippen molar-refractivity contribution in [3.05, 3.63) is 53.5 Å². The highest BCUT2D eigenvalue weighted by Crippen LogP contribution is 2.43. The second-order valence-corrected chi connectivity index (χ2v) is 10.6. The maximum atomic E-state index is 12.5. The fourth-order valence-electron chi connectivity index (χ4n) is 3.77. The predicted molar refractivity (Wildman–Crippen MR) is 125 cm³/mol. The van der Waals surface area contributed by atoms with Gasteiger partial charge in [-0.15, -0.1) is 23.5 Å². The summed E-state index contributed by atoms with van der Waals surface area (Å²) in [6, 6.07) is 9.94. The molecule has 1 N–H and O–H groups in total. The van der Waals surface area contributed by atoms with E-state index in [9.17, 15) is 9.59 Å². The van der Waals surface area contributed by atoms with E-state index >= 15 is 0 Å². The third kappa shape index (κ3) is 5.80. The van der Waals surface area contributed by atoms with Gasteiger partial charge in [0.05, 0.1) is 10.8 Å². The molecule has 2 aromatic rings. The molecule has 166 valence electrons. The number of amides is 2. The molecule has 0 unspecified atom stereocenters. The lowest BCUT2D eigenvalue weighted by Crippen LogP contribution is -2.47. The molecular formula is C23H28N2O4S2. The number of carbonyl (C=O) groups excluding carboxylic acids is 2. The Morgan fingerprint density at radius 2 is 1.84 bits per heavy atom. The summed E-state index contributed by atoms with van der Waals surface area (Å²) in [6.45, 7) is 3.11. The van der Waals surface area contributed by atoms with E-state index in [2.05, 4.69) is 17.4 Å². The van der Waals surface area contributed by atoms with Gasteiger partial charge in [-0.3, -0.25) is 9.59 Å². The highest BCUT2D eigenvalue weighted by molar-refractivity contribution is 8.16. The Kier molecular flexibility index (Phi) is 7.50. The lowest BCUT2D eigenvalue weighted by molar-refractivity contribution is -0.134. The third-order valence-electron chi connectivity index (χ3n) is 5.59. The molecule has 3 heterocycles. The van der Waals surface area contributed by atoms with Crippen LogP contribution in [0.1, 0.15) is 45.5 Å². The van der Waals surface area contributed by atoms with Gasteiger partial charge in [0.1, 0.15) is 5.75 Å². The Labute approximate surface area is 191 Å². The Hall–Kier alpha value is -2.06. The van der Waals surface area contributed by atoms with Crippen LogP contribution in [0.4, 0.5) is 0 Å². The lowest BCUT2D eigenvalue weighted by Gasteiger charge is -2.32. The van der Waals surface area contributed by atoms with E-state index in [1.807, 2.05) is 47.5 Å². The summed E-state index contributed by atoms with van der Waals surface area (Å²) in [6.07, 6.45) is 4.25. The van der Waals surface area contributed by atoms with Crippen molar-refractivity contribution in [1.29, 1.82) is 0 Å². The molecule has 1 aromatic carbocycles. The van der Waals surface area contributed by atoms with Crippen molar-refractivity contribution in [2.75, 3.05) is 31.2 Å². The largest absolute Gasteiger partial charge is 0.484 e. The summed E-state index contributed by atoms with van der Waals surface area (Å²) in [5.41, 5.74) is 2.13. The fraction of sp³-hybridized carbons (Fsp3) is 0.478. The molecule has 2 fully saturated rings. The molecule has 0 bridgehead atoms. The average molecular weight is 461 g/mol. The molecule has 2 aliphatic heterocycles.